The Hall–Kier alpha value is -2.74. The molecule has 2 aromatic carbocycles. The first-order chi connectivity index (χ1) is 13.3. The monoisotopic (exact) mass is 404 g/mol. The lowest BCUT2D eigenvalue weighted by Crippen LogP contribution is -2.41. The Morgan fingerprint density at radius 1 is 1.11 bits per heavy atom. The van der Waals surface area contributed by atoms with Crippen LogP contribution < -0.4 is 19.1 Å². The third-order valence-corrected chi connectivity index (χ3v) is 6.27. The van der Waals surface area contributed by atoms with Gasteiger partial charge in [-0.3, -0.25) is 9.10 Å². The molecule has 0 spiro atoms. The number of hydrogen-bond acceptors (Lipinski definition) is 5. The van der Waals surface area contributed by atoms with Gasteiger partial charge in [0.15, 0.2) is 0 Å². The van der Waals surface area contributed by atoms with Crippen molar-refractivity contribution in [1.29, 1.82) is 0 Å². The van der Waals surface area contributed by atoms with Crippen LogP contribution in [0.25, 0.3) is 0 Å². The molecule has 0 bridgehead atoms. The molecule has 0 unspecified atom stereocenters. The van der Waals surface area contributed by atoms with Gasteiger partial charge in [0.05, 0.1) is 24.8 Å². The number of carbonyl (C=O) groups is 1. The summed E-state index contributed by atoms with van der Waals surface area (Å²) < 4.78 is 38.4. The summed E-state index contributed by atoms with van der Waals surface area (Å²) in [6.07, 6.45) is 1.84. The molecule has 1 aliphatic carbocycles. The van der Waals surface area contributed by atoms with Crippen LogP contribution in [0.5, 0.6) is 11.5 Å². The fraction of sp³-hybridized carbons (Fsp3) is 0.350. The number of aryl methyl sites for hydroxylation is 1. The number of hydrogen-bond donors (Lipinski definition) is 1. The zero-order chi connectivity index (χ0) is 20.3. The number of anilines is 1. The van der Waals surface area contributed by atoms with Crippen molar-refractivity contribution < 1.29 is 22.7 Å². The summed E-state index contributed by atoms with van der Waals surface area (Å²) in [5, 5.41) is 2.84. The lowest BCUT2D eigenvalue weighted by Gasteiger charge is -2.26. The second-order valence-electron chi connectivity index (χ2n) is 6.70. The van der Waals surface area contributed by atoms with Crippen LogP contribution in [0.3, 0.4) is 0 Å². The summed E-state index contributed by atoms with van der Waals surface area (Å²) in [5.74, 6) is 0.473. The second kappa shape index (κ2) is 8.10. The molecule has 0 aliphatic heterocycles. The Kier molecular flexibility index (Phi) is 5.79. The Bertz CT molecular complexity index is 953. The highest BCUT2D eigenvalue weighted by Gasteiger charge is 2.31. The van der Waals surface area contributed by atoms with Gasteiger partial charge in [0, 0.05) is 12.1 Å². The van der Waals surface area contributed by atoms with Gasteiger partial charge < -0.3 is 14.8 Å². The number of nitrogens with one attached hydrogen (secondary N) is 1. The Balaban J connectivity index is 2.03. The fourth-order valence-electron chi connectivity index (χ4n) is 2.76. The molecule has 1 aliphatic rings. The minimum Gasteiger partial charge on any atom is -0.497 e. The molecular formula is C20H24N2O5S. The number of nitrogens with zero attached hydrogens (tertiary/aromatic N) is 1. The summed E-state index contributed by atoms with van der Waals surface area (Å²) in [4.78, 5) is 12.6. The van der Waals surface area contributed by atoms with Crippen LogP contribution in [0.1, 0.15) is 18.4 Å². The molecule has 0 aromatic heterocycles. The predicted molar refractivity (Wildman–Crippen MR) is 106 cm³/mol. The van der Waals surface area contributed by atoms with Gasteiger partial charge >= 0.3 is 0 Å². The van der Waals surface area contributed by atoms with E-state index in [0.29, 0.717) is 11.5 Å². The van der Waals surface area contributed by atoms with E-state index in [1.54, 1.807) is 30.3 Å². The predicted octanol–water partition coefficient (Wildman–Crippen LogP) is 2.49. The Morgan fingerprint density at radius 2 is 1.79 bits per heavy atom. The fourth-order valence-corrected chi connectivity index (χ4v) is 4.19. The highest BCUT2D eigenvalue weighted by atomic mass is 32.2. The maximum absolute atomic E-state index is 13.4. The molecule has 0 atom stereocenters. The highest BCUT2D eigenvalue weighted by molar-refractivity contribution is 7.92. The van der Waals surface area contributed by atoms with E-state index in [-0.39, 0.29) is 29.1 Å². The highest BCUT2D eigenvalue weighted by Crippen LogP contribution is 2.35. The van der Waals surface area contributed by atoms with Crippen molar-refractivity contribution in [2.24, 2.45) is 0 Å². The minimum atomic E-state index is -3.98. The van der Waals surface area contributed by atoms with Crippen LogP contribution >= 0.6 is 0 Å². The number of amides is 1. The number of ether oxygens (including phenoxy) is 2. The van der Waals surface area contributed by atoms with Crippen molar-refractivity contribution in [2.75, 3.05) is 25.1 Å². The normalized spacial score (nSPS) is 13.7. The number of methoxy groups -OCH3 is 2. The van der Waals surface area contributed by atoms with Gasteiger partial charge in [-0.25, -0.2) is 8.42 Å². The largest absolute Gasteiger partial charge is 0.497 e. The molecule has 1 amide bonds. The van der Waals surface area contributed by atoms with Crippen LogP contribution in [-0.4, -0.2) is 41.1 Å². The standard InChI is InChI=1S/C20H24N2O5S/c1-14-4-9-17(10-5-14)28(24,25)22(13-20(23)21-15-6-7-15)18-11-8-16(26-2)12-19(18)27-3/h4-5,8-12,15H,6-7,13H2,1-3H3,(H,21,23). The van der Waals surface area contributed by atoms with E-state index in [1.807, 2.05) is 6.92 Å². The lowest BCUT2D eigenvalue weighted by atomic mass is 10.2. The number of rotatable bonds is 8. The first-order valence-corrected chi connectivity index (χ1v) is 10.4. The van der Waals surface area contributed by atoms with Gasteiger partial charge in [-0.2, -0.15) is 0 Å². The van der Waals surface area contributed by atoms with E-state index in [4.69, 9.17) is 9.47 Å². The Morgan fingerprint density at radius 3 is 2.36 bits per heavy atom. The number of carbonyl (C=O) groups excluding carboxylic acids is 1. The average molecular weight is 404 g/mol. The minimum absolute atomic E-state index is 0.107. The molecule has 7 nitrogen and oxygen atoms in total. The van der Waals surface area contributed by atoms with Crippen molar-refractivity contribution in [3.63, 3.8) is 0 Å². The van der Waals surface area contributed by atoms with Crippen LogP contribution in [0.4, 0.5) is 5.69 Å². The molecule has 2 aromatic rings. The smallest absolute Gasteiger partial charge is 0.264 e. The van der Waals surface area contributed by atoms with Crippen LogP contribution in [0.15, 0.2) is 47.4 Å². The van der Waals surface area contributed by atoms with Crippen LogP contribution in [0.2, 0.25) is 0 Å². The molecule has 1 fully saturated rings. The van der Waals surface area contributed by atoms with E-state index in [9.17, 15) is 13.2 Å². The molecule has 0 heterocycles. The molecule has 150 valence electrons. The molecule has 3 rings (SSSR count). The quantitative estimate of drug-likeness (QED) is 0.731. The van der Waals surface area contributed by atoms with E-state index in [1.165, 1.54) is 26.4 Å². The third-order valence-electron chi connectivity index (χ3n) is 4.49. The van der Waals surface area contributed by atoms with Crippen molar-refractivity contribution in [2.45, 2.75) is 30.7 Å². The molecular weight excluding hydrogens is 380 g/mol. The van der Waals surface area contributed by atoms with Gasteiger partial charge in [-0.1, -0.05) is 17.7 Å². The second-order valence-corrected chi connectivity index (χ2v) is 8.57. The van der Waals surface area contributed by atoms with Crippen molar-refractivity contribution in [3.8, 4) is 11.5 Å². The Labute approximate surface area is 165 Å². The summed E-state index contributed by atoms with van der Waals surface area (Å²) in [6, 6.07) is 11.4. The van der Waals surface area contributed by atoms with Crippen LogP contribution in [-0.2, 0) is 14.8 Å². The van der Waals surface area contributed by atoms with E-state index >= 15 is 0 Å². The summed E-state index contributed by atoms with van der Waals surface area (Å²) in [7, 11) is -1.03. The third kappa shape index (κ3) is 4.39. The van der Waals surface area contributed by atoms with Crippen molar-refractivity contribution in [1.82, 2.24) is 5.32 Å². The molecule has 0 radical (unpaired) electrons. The summed E-state index contributed by atoms with van der Waals surface area (Å²) >= 11 is 0. The number of benzene rings is 2. The van der Waals surface area contributed by atoms with Gasteiger partial charge in [0.1, 0.15) is 18.0 Å². The van der Waals surface area contributed by atoms with E-state index < -0.39 is 10.0 Å². The van der Waals surface area contributed by atoms with Gasteiger partial charge in [-0.15, -0.1) is 0 Å². The summed E-state index contributed by atoms with van der Waals surface area (Å²) in [6.45, 7) is 1.54. The molecule has 1 N–H and O–H groups in total. The average Bonchev–Trinajstić information content (AvgIpc) is 3.49. The lowest BCUT2D eigenvalue weighted by molar-refractivity contribution is -0.119. The van der Waals surface area contributed by atoms with Crippen molar-refractivity contribution >= 4 is 21.6 Å². The van der Waals surface area contributed by atoms with E-state index in [0.717, 1.165) is 22.7 Å². The molecule has 8 heteroatoms. The summed E-state index contributed by atoms with van der Waals surface area (Å²) in [5.41, 5.74) is 1.22. The van der Waals surface area contributed by atoms with Gasteiger partial charge in [0.2, 0.25) is 5.91 Å². The molecule has 0 saturated heterocycles. The maximum Gasteiger partial charge on any atom is 0.264 e. The topological polar surface area (TPSA) is 84.9 Å². The zero-order valence-corrected chi connectivity index (χ0v) is 17.0. The van der Waals surface area contributed by atoms with Crippen molar-refractivity contribution in [3.05, 3.63) is 48.0 Å². The zero-order valence-electron chi connectivity index (χ0n) is 16.1. The first-order valence-electron chi connectivity index (χ1n) is 8.96. The van der Waals surface area contributed by atoms with Gasteiger partial charge in [0.25, 0.3) is 10.0 Å². The molecule has 28 heavy (non-hydrogen) atoms. The molecule has 1 saturated carbocycles. The van der Waals surface area contributed by atoms with Crippen LogP contribution in [0, 0.1) is 6.92 Å². The SMILES string of the molecule is COc1ccc(N(CC(=O)NC2CC2)S(=O)(=O)c2ccc(C)cc2)c(OC)c1. The first kappa shape index (κ1) is 20.0. The number of sulfonamides is 1. The van der Waals surface area contributed by atoms with Gasteiger partial charge in [-0.05, 0) is 44.0 Å². The van der Waals surface area contributed by atoms with E-state index in [2.05, 4.69) is 5.32 Å². The maximum atomic E-state index is 13.4.